The highest BCUT2D eigenvalue weighted by Gasteiger charge is 2.52. The zero-order chi connectivity index (χ0) is 24.1. The highest BCUT2D eigenvalue weighted by molar-refractivity contribution is 6.05. The number of carbonyl (C=O) groups excluding carboxylic acids is 2. The molecule has 3 amide bonds. The first-order valence-corrected chi connectivity index (χ1v) is 12.4. The molecule has 2 aromatic carbocycles. The number of benzene rings is 2. The Hall–Kier alpha value is -3.39. The van der Waals surface area contributed by atoms with Gasteiger partial charge in [-0.3, -0.25) is 14.6 Å². The molecule has 2 fully saturated rings. The molecule has 1 N–H and O–H groups in total. The Morgan fingerprint density at radius 1 is 1.09 bits per heavy atom. The highest BCUT2D eigenvalue weighted by atomic mass is 19.1. The number of hydrogen-bond donors (Lipinski definition) is 1. The summed E-state index contributed by atoms with van der Waals surface area (Å²) in [6.45, 7) is 5.33. The number of imide groups is 1. The van der Waals surface area contributed by atoms with Crippen LogP contribution >= 0.6 is 0 Å². The number of aromatic amines is 1. The Morgan fingerprint density at radius 2 is 1.86 bits per heavy atom. The average Bonchev–Trinajstić information content (AvgIpc) is 3.56. The largest absolute Gasteiger partial charge is 0.491 e. The van der Waals surface area contributed by atoms with Crippen LogP contribution in [0.25, 0.3) is 10.9 Å². The van der Waals surface area contributed by atoms with E-state index in [0.29, 0.717) is 31.6 Å². The summed E-state index contributed by atoms with van der Waals surface area (Å²) >= 11 is 0. The molecule has 0 saturated carbocycles. The summed E-state index contributed by atoms with van der Waals surface area (Å²) in [5, 5.41) is 0.834. The number of nitrogens with one attached hydrogen (secondary N) is 1. The van der Waals surface area contributed by atoms with Crippen molar-refractivity contribution in [3.05, 3.63) is 65.1 Å². The summed E-state index contributed by atoms with van der Waals surface area (Å²) in [6, 6.07) is 11.6. The van der Waals surface area contributed by atoms with Gasteiger partial charge in [-0.15, -0.1) is 0 Å². The van der Waals surface area contributed by atoms with Gasteiger partial charge in [0.15, 0.2) is 11.6 Å². The van der Waals surface area contributed by atoms with Gasteiger partial charge in [-0.2, -0.15) is 0 Å². The third kappa shape index (κ3) is 3.58. The van der Waals surface area contributed by atoms with Crippen LogP contribution in [-0.4, -0.2) is 70.4 Å². The van der Waals surface area contributed by atoms with Crippen molar-refractivity contribution in [3.8, 4) is 5.75 Å². The molecular formula is C27H29FN4O3. The fraction of sp³-hybridized carbons (Fsp3) is 0.407. The molecule has 0 spiro atoms. The van der Waals surface area contributed by atoms with Gasteiger partial charge in [-0.25, -0.2) is 9.18 Å². The van der Waals surface area contributed by atoms with Crippen molar-refractivity contribution in [1.82, 2.24) is 19.7 Å². The number of halogens is 1. The number of ether oxygens (including phenoxy) is 1. The Kier molecular flexibility index (Phi) is 5.48. The van der Waals surface area contributed by atoms with Crippen LogP contribution in [0.3, 0.4) is 0 Å². The second-order valence-electron chi connectivity index (χ2n) is 9.54. The molecule has 0 aliphatic carbocycles. The van der Waals surface area contributed by atoms with E-state index in [-0.39, 0.29) is 17.7 Å². The van der Waals surface area contributed by atoms with Gasteiger partial charge < -0.3 is 14.6 Å². The third-order valence-corrected chi connectivity index (χ3v) is 7.53. The SMILES string of the molecule is CCOc1cc2c3c([nH]c2cc1F)C(c1ccccc1)N1C(=O)N(CCN2CCCC2)C(=O)C1C3. The normalized spacial score (nSPS) is 22.2. The van der Waals surface area contributed by atoms with Crippen LogP contribution < -0.4 is 4.74 Å². The molecule has 0 bridgehead atoms. The number of aromatic nitrogens is 1. The number of fused-ring (bicyclic) bond motifs is 4. The molecule has 35 heavy (non-hydrogen) atoms. The van der Waals surface area contributed by atoms with E-state index in [1.54, 1.807) is 11.0 Å². The fourth-order valence-corrected chi connectivity index (χ4v) is 5.88. The quantitative estimate of drug-likeness (QED) is 0.545. The maximum Gasteiger partial charge on any atom is 0.328 e. The van der Waals surface area contributed by atoms with Gasteiger partial charge in [-0.1, -0.05) is 30.3 Å². The monoisotopic (exact) mass is 476 g/mol. The van der Waals surface area contributed by atoms with Crippen molar-refractivity contribution in [2.45, 2.75) is 38.3 Å². The maximum atomic E-state index is 14.6. The van der Waals surface area contributed by atoms with Crippen molar-refractivity contribution in [1.29, 1.82) is 0 Å². The lowest BCUT2D eigenvalue weighted by Gasteiger charge is -2.36. The van der Waals surface area contributed by atoms with Gasteiger partial charge in [0.05, 0.1) is 6.61 Å². The number of hydrogen-bond acceptors (Lipinski definition) is 4. The predicted octanol–water partition coefficient (Wildman–Crippen LogP) is 4.08. The van der Waals surface area contributed by atoms with E-state index < -0.39 is 17.9 Å². The molecule has 182 valence electrons. The minimum absolute atomic E-state index is 0.151. The van der Waals surface area contributed by atoms with E-state index in [4.69, 9.17) is 4.74 Å². The molecule has 0 radical (unpaired) electrons. The van der Waals surface area contributed by atoms with E-state index in [0.717, 1.165) is 35.3 Å². The number of carbonyl (C=O) groups is 2. The van der Waals surface area contributed by atoms with Gasteiger partial charge in [0.2, 0.25) is 0 Å². The van der Waals surface area contributed by atoms with E-state index in [1.807, 2.05) is 37.3 Å². The fourth-order valence-electron chi connectivity index (χ4n) is 5.88. The van der Waals surface area contributed by atoms with Crippen LogP contribution in [0, 0.1) is 5.82 Å². The molecule has 6 rings (SSSR count). The van der Waals surface area contributed by atoms with Gasteiger partial charge in [-0.05, 0) is 50.0 Å². The highest BCUT2D eigenvalue weighted by Crippen LogP contribution is 2.44. The first-order chi connectivity index (χ1) is 17.1. The molecule has 7 nitrogen and oxygen atoms in total. The Balaban J connectivity index is 1.43. The minimum atomic E-state index is -0.585. The van der Waals surface area contributed by atoms with Crippen molar-refractivity contribution in [2.24, 2.45) is 0 Å². The lowest BCUT2D eigenvalue weighted by molar-refractivity contribution is -0.128. The van der Waals surface area contributed by atoms with Crippen molar-refractivity contribution in [3.63, 3.8) is 0 Å². The first kappa shape index (κ1) is 22.1. The van der Waals surface area contributed by atoms with Crippen molar-refractivity contribution >= 4 is 22.8 Å². The van der Waals surface area contributed by atoms with E-state index >= 15 is 0 Å². The average molecular weight is 477 g/mol. The Morgan fingerprint density at radius 3 is 2.60 bits per heavy atom. The lowest BCUT2D eigenvalue weighted by atomic mass is 9.89. The van der Waals surface area contributed by atoms with Gasteiger partial charge in [0.1, 0.15) is 12.1 Å². The molecule has 3 aliphatic rings. The molecule has 2 atom stereocenters. The standard InChI is InChI=1S/C27H29FN4O3/c1-2-35-23-15-18-19-14-22-26(33)31(13-12-30-10-6-7-11-30)27(34)32(22)25(17-8-4-3-5-9-17)24(19)29-21(18)16-20(23)28/h3-5,8-9,15-16,22,25,29H,2,6-7,10-14H2,1H3. The first-order valence-electron chi connectivity index (χ1n) is 12.4. The van der Waals surface area contributed by atoms with Gasteiger partial charge in [0.25, 0.3) is 5.91 Å². The van der Waals surface area contributed by atoms with Crippen LogP contribution in [-0.2, 0) is 11.2 Å². The van der Waals surface area contributed by atoms with Gasteiger partial charge in [0, 0.05) is 42.2 Å². The topological polar surface area (TPSA) is 68.9 Å². The van der Waals surface area contributed by atoms with E-state index in [1.165, 1.54) is 23.8 Å². The van der Waals surface area contributed by atoms with Crippen LogP contribution in [0.15, 0.2) is 42.5 Å². The second kappa shape index (κ2) is 8.68. The number of likely N-dealkylation sites (tertiary alicyclic amines) is 1. The second-order valence-corrected chi connectivity index (χ2v) is 9.54. The molecular weight excluding hydrogens is 447 g/mol. The maximum absolute atomic E-state index is 14.6. The summed E-state index contributed by atoms with van der Waals surface area (Å²) in [4.78, 5) is 36.1. The minimum Gasteiger partial charge on any atom is -0.491 e. The summed E-state index contributed by atoms with van der Waals surface area (Å²) in [6.07, 6.45) is 2.72. The van der Waals surface area contributed by atoms with Crippen LogP contribution in [0.2, 0.25) is 0 Å². The number of nitrogens with zero attached hydrogens (tertiary/aromatic N) is 3. The van der Waals surface area contributed by atoms with E-state index in [9.17, 15) is 14.0 Å². The lowest BCUT2D eigenvalue weighted by Crippen LogP contribution is -2.44. The molecule has 2 unspecified atom stereocenters. The molecule has 3 aliphatic heterocycles. The third-order valence-electron chi connectivity index (χ3n) is 7.53. The van der Waals surface area contributed by atoms with Crippen molar-refractivity contribution < 1.29 is 18.7 Å². The van der Waals surface area contributed by atoms with Gasteiger partial charge >= 0.3 is 6.03 Å². The van der Waals surface area contributed by atoms with Crippen molar-refractivity contribution in [2.75, 3.05) is 32.8 Å². The molecule has 8 heteroatoms. The molecule has 3 aromatic rings. The number of urea groups is 1. The van der Waals surface area contributed by atoms with Crippen LogP contribution in [0.4, 0.5) is 9.18 Å². The Bertz CT molecular complexity index is 1280. The predicted molar refractivity (Wildman–Crippen MR) is 130 cm³/mol. The Labute approximate surface area is 203 Å². The zero-order valence-corrected chi connectivity index (χ0v) is 19.8. The summed E-state index contributed by atoms with van der Waals surface area (Å²) < 4.78 is 20.1. The zero-order valence-electron chi connectivity index (χ0n) is 19.8. The smallest absolute Gasteiger partial charge is 0.328 e. The van der Waals surface area contributed by atoms with Crippen LogP contribution in [0.1, 0.15) is 42.6 Å². The summed E-state index contributed by atoms with van der Waals surface area (Å²) in [5.41, 5.74) is 3.33. The van der Waals surface area contributed by atoms with E-state index in [2.05, 4.69) is 9.88 Å². The summed E-state index contributed by atoms with van der Waals surface area (Å²) in [5.74, 6) is -0.390. The summed E-state index contributed by atoms with van der Waals surface area (Å²) in [7, 11) is 0. The number of H-pyrrole nitrogens is 1. The number of amides is 3. The number of rotatable bonds is 6. The molecule has 4 heterocycles. The van der Waals surface area contributed by atoms with Crippen LogP contribution in [0.5, 0.6) is 5.75 Å². The molecule has 1 aromatic heterocycles. The molecule has 2 saturated heterocycles.